The van der Waals surface area contributed by atoms with Gasteiger partial charge in [0.05, 0.1) is 6.54 Å². The van der Waals surface area contributed by atoms with Gasteiger partial charge >= 0.3 is 0 Å². The molecule has 6 heteroatoms. The number of alkyl halides is 3. The van der Waals surface area contributed by atoms with Crippen molar-refractivity contribution in [3.8, 4) is 0 Å². The van der Waals surface area contributed by atoms with Crippen molar-refractivity contribution in [1.29, 1.82) is 0 Å². The summed E-state index contributed by atoms with van der Waals surface area (Å²) in [4.78, 5) is 12.4. The number of aryl methyl sites for hydroxylation is 1. The second-order valence-electron chi connectivity index (χ2n) is 5.62. The fourth-order valence-corrected chi connectivity index (χ4v) is 2.78. The Morgan fingerprint density at radius 3 is 2.46 bits per heavy atom. The standard InChI is InChI=1S/C18H19Cl3N2O/c1-13-6-5-9-15(12-13)16(24)23-17(18(19,20)21)22-11-10-14-7-3-2-4-8-14/h2-9,12,17,22H,10-11H2,1H3,(H,23,24)/p+1/t17-/m0/s1. The molecule has 0 saturated carbocycles. The lowest BCUT2D eigenvalue weighted by atomic mass is 10.1. The van der Waals surface area contributed by atoms with Gasteiger partial charge in [0.25, 0.3) is 9.70 Å². The molecular weight excluding hydrogens is 367 g/mol. The molecule has 0 aliphatic heterocycles. The van der Waals surface area contributed by atoms with Crippen LogP contribution in [0.3, 0.4) is 0 Å². The first kappa shape index (κ1) is 19.1. The normalized spacial score (nSPS) is 12.7. The van der Waals surface area contributed by atoms with Gasteiger partial charge in [0.15, 0.2) is 0 Å². The molecule has 0 aliphatic rings. The molecule has 0 fully saturated rings. The molecule has 2 aromatic carbocycles. The molecule has 128 valence electrons. The highest BCUT2D eigenvalue weighted by atomic mass is 35.6. The maximum absolute atomic E-state index is 12.4. The highest BCUT2D eigenvalue weighted by Gasteiger charge is 2.37. The van der Waals surface area contributed by atoms with Crippen molar-refractivity contribution >= 4 is 40.7 Å². The summed E-state index contributed by atoms with van der Waals surface area (Å²) in [6, 6.07) is 17.3. The van der Waals surface area contributed by atoms with Gasteiger partial charge in [-0.15, -0.1) is 0 Å². The summed E-state index contributed by atoms with van der Waals surface area (Å²) in [5.74, 6) is -0.258. The summed E-state index contributed by atoms with van der Waals surface area (Å²) in [5, 5.41) is 4.64. The zero-order valence-corrected chi connectivity index (χ0v) is 15.6. The Labute approximate surface area is 157 Å². The molecule has 0 radical (unpaired) electrons. The molecule has 2 rings (SSSR count). The third kappa shape index (κ3) is 5.99. The van der Waals surface area contributed by atoms with Crippen LogP contribution in [0.25, 0.3) is 0 Å². The van der Waals surface area contributed by atoms with Crippen molar-refractivity contribution in [2.24, 2.45) is 0 Å². The smallest absolute Gasteiger partial charge is 0.262 e. The molecule has 0 saturated heterocycles. The van der Waals surface area contributed by atoms with Crippen LogP contribution in [0.15, 0.2) is 54.6 Å². The van der Waals surface area contributed by atoms with Crippen molar-refractivity contribution < 1.29 is 10.1 Å². The zero-order valence-electron chi connectivity index (χ0n) is 13.3. The maximum Gasteiger partial charge on any atom is 0.262 e. The van der Waals surface area contributed by atoms with Gasteiger partial charge in [-0.1, -0.05) is 82.8 Å². The number of hydrogen-bond donors (Lipinski definition) is 2. The molecule has 0 bridgehead atoms. The third-order valence-electron chi connectivity index (χ3n) is 3.60. The minimum Gasteiger partial charge on any atom is -0.323 e. The van der Waals surface area contributed by atoms with Crippen LogP contribution in [0.2, 0.25) is 0 Å². The largest absolute Gasteiger partial charge is 0.323 e. The first-order chi connectivity index (χ1) is 11.4. The van der Waals surface area contributed by atoms with E-state index in [1.165, 1.54) is 5.56 Å². The van der Waals surface area contributed by atoms with Crippen molar-refractivity contribution in [2.45, 2.75) is 23.3 Å². The Morgan fingerprint density at radius 1 is 1.12 bits per heavy atom. The van der Waals surface area contributed by atoms with E-state index in [1.807, 2.05) is 54.7 Å². The molecule has 3 N–H and O–H groups in total. The third-order valence-corrected chi connectivity index (χ3v) is 4.30. The minimum atomic E-state index is -1.60. The van der Waals surface area contributed by atoms with E-state index in [4.69, 9.17) is 34.8 Å². The van der Waals surface area contributed by atoms with E-state index in [1.54, 1.807) is 12.1 Å². The second-order valence-corrected chi connectivity index (χ2v) is 7.99. The lowest BCUT2D eigenvalue weighted by molar-refractivity contribution is -0.691. The van der Waals surface area contributed by atoms with Gasteiger partial charge < -0.3 is 5.32 Å². The van der Waals surface area contributed by atoms with Crippen molar-refractivity contribution in [3.63, 3.8) is 0 Å². The SMILES string of the molecule is Cc1cccc(C(=O)N[C@H]([NH2+]CCc2ccccc2)C(Cl)(Cl)Cl)c1. The summed E-state index contributed by atoms with van der Waals surface area (Å²) in [5.41, 5.74) is 2.74. The quantitative estimate of drug-likeness (QED) is 0.581. The van der Waals surface area contributed by atoms with E-state index in [2.05, 4.69) is 5.32 Å². The Kier molecular flexibility index (Phi) is 6.93. The first-order valence-corrected chi connectivity index (χ1v) is 8.81. The van der Waals surface area contributed by atoms with E-state index >= 15 is 0 Å². The summed E-state index contributed by atoms with van der Waals surface area (Å²) in [7, 11) is 0. The summed E-state index contributed by atoms with van der Waals surface area (Å²) in [6.45, 7) is 2.62. The predicted octanol–water partition coefficient (Wildman–Crippen LogP) is 3.23. The van der Waals surface area contributed by atoms with Crippen LogP contribution in [0.1, 0.15) is 21.5 Å². The molecule has 2 aromatic rings. The number of nitrogens with two attached hydrogens (primary N) is 1. The summed E-state index contributed by atoms with van der Waals surface area (Å²) < 4.78 is -1.60. The highest BCUT2D eigenvalue weighted by Crippen LogP contribution is 2.27. The van der Waals surface area contributed by atoms with Crippen LogP contribution in [-0.4, -0.2) is 22.4 Å². The Hall–Kier alpha value is -1.26. The van der Waals surface area contributed by atoms with Crippen LogP contribution in [0.5, 0.6) is 0 Å². The van der Waals surface area contributed by atoms with Gasteiger partial charge in [-0.25, -0.2) is 0 Å². The monoisotopic (exact) mass is 385 g/mol. The van der Waals surface area contributed by atoms with E-state index in [0.29, 0.717) is 12.1 Å². The van der Waals surface area contributed by atoms with Crippen molar-refractivity contribution in [3.05, 3.63) is 71.3 Å². The number of nitrogens with one attached hydrogen (secondary N) is 1. The first-order valence-electron chi connectivity index (χ1n) is 7.68. The van der Waals surface area contributed by atoms with Crippen molar-refractivity contribution in [1.82, 2.24) is 5.32 Å². The predicted molar refractivity (Wildman–Crippen MR) is 99.7 cm³/mol. The number of halogens is 3. The van der Waals surface area contributed by atoms with Gasteiger partial charge in [-0.2, -0.15) is 0 Å². The van der Waals surface area contributed by atoms with Gasteiger partial charge in [0.2, 0.25) is 6.17 Å². The number of carbonyl (C=O) groups is 1. The fraction of sp³-hybridized carbons (Fsp3) is 0.278. The Morgan fingerprint density at radius 2 is 1.83 bits per heavy atom. The average Bonchev–Trinajstić information content (AvgIpc) is 2.54. The Balaban J connectivity index is 1.97. The molecule has 0 aliphatic carbocycles. The molecule has 24 heavy (non-hydrogen) atoms. The van der Waals surface area contributed by atoms with Crippen LogP contribution in [-0.2, 0) is 6.42 Å². The molecule has 0 aromatic heterocycles. The second kappa shape index (κ2) is 8.72. The number of amides is 1. The molecular formula is C18H20Cl3N2O+. The van der Waals surface area contributed by atoms with Crippen molar-refractivity contribution in [2.75, 3.05) is 6.54 Å². The van der Waals surface area contributed by atoms with Gasteiger partial charge in [-0.05, 0) is 24.6 Å². The number of quaternary nitrogens is 1. The van der Waals surface area contributed by atoms with Crippen LogP contribution >= 0.6 is 34.8 Å². The summed E-state index contributed by atoms with van der Waals surface area (Å²) in [6.07, 6.45) is 0.150. The van der Waals surface area contributed by atoms with Gasteiger partial charge in [-0.3, -0.25) is 10.1 Å². The molecule has 0 heterocycles. The lowest BCUT2D eigenvalue weighted by Gasteiger charge is -2.23. The number of rotatable bonds is 6. The van der Waals surface area contributed by atoms with Crippen LogP contribution < -0.4 is 10.6 Å². The van der Waals surface area contributed by atoms with Crippen LogP contribution in [0.4, 0.5) is 0 Å². The van der Waals surface area contributed by atoms with E-state index < -0.39 is 9.96 Å². The molecule has 3 nitrogen and oxygen atoms in total. The van der Waals surface area contributed by atoms with E-state index in [0.717, 1.165) is 12.0 Å². The number of carbonyl (C=O) groups excluding carboxylic acids is 1. The van der Waals surface area contributed by atoms with Crippen LogP contribution in [0, 0.1) is 6.92 Å². The fourth-order valence-electron chi connectivity index (χ4n) is 2.35. The molecule has 0 unspecified atom stereocenters. The van der Waals surface area contributed by atoms with Gasteiger partial charge in [0, 0.05) is 12.0 Å². The lowest BCUT2D eigenvalue weighted by Crippen LogP contribution is -2.96. The minimum absolute atomic E-state index is 0.258. The molecule has 1 amide bonds. The van der Waals surface area contributed by atoms with E-state index in [-0.39, 0.29) is 5.91 Å². The topological polar surface area (TPSA) is 45.7 Å². The van der Waals surface area contributed by atoms with E-state index in [9.17, 15) is 4.79 Å². The van der Waals surface area contributed by atoms with Gasteiger partial charge in [0.1, 0.15) is 0 Å². The average molecular weight is 387 g/mol. The highest BCUT2D eigenvalue weighted by molar-refractivity contribution is 6.68. The summed E-state index contributed by atoms with van der Waals surface area (Å²) >= 11 is 18.1. The maximum atomic E-state index is 12.4. The molecule has 1 atom stereocenters. The number of benzene rings is 2. The Bertz CT molecular complexity index is 671. The zero-order chi connectivity index (χ0) is 17.6. The number of hydrogen-bond acceptors (Lipinski definition) is 1. The molecule has 0 spiro atoms.